The number of aromatic nitrogens is 2. The Kier molecular flexibility index (Phi) is 3.88. The molecule has 0 radical (unpaired) electrons. The number of carbonyl (C=O) groups is 2. The van der Waals surface area contributed by atoms with Crippen LogP contribution in [0.4, 0.5) is 0 Å². The molecule has 17 heavy (non-hydrogen) atoms. The molecule has 1 heterocycles. The van der Waals surface area contributed by atoms with Gasteiger partial charge in [0, 0.05) is 19.8 Å². The number of aliphatic carboxylic acids is 1. The number of hydrogen-bond donors (Lipinski definition) is 2. The average Bonchev–Trinajstić information content (AvgIpc) is 2.72. The van der Waals surface area contributed by atoms with Crippen molar-refractivity contribution in [2.75, 3.05) is 6.54 Å². The van der Waals surface area contributed by atoms with Gasteiger partial charge in [-0.1, -0.05) is 6.92 Å². The van der Waals surface area contributed by atoms with Gasteiger partial charge in [-0.05, 0) is 13.3 Å². The van der Waals surface area contributed by atoms with Crippen molar-refractivity contribution in [2.45, 2.75) is 20.3 Å². The lowest BCUT2D eigenvalue weighted by atomic mass is 9.88. The summed E-state index contributed by atoms with van der Waals surface area (Å²) in [4.78, 5) is 26.6. The van der Waals surface area contributed by atoms with Crippen LogP contribution in [0.3, 0.4) is 0 Å². The van der Waals surface area contributed by atoms with Crippen LogP contribution in [0.2, 0.25) is 0 Å². The summed E-state index contributed by atoms with van der Waals surface area (Å²) in [6, 6.07) is 0. The number of nitrogens with one attached hydrogen (secondary N) is 1. The Balaban J connectivity index is 2.62. The first-order chi connectivity index (χ1) is 7.89. The second-order valence-electron chi connectivity index (χ2n) is 4.33. The summed E-state index contributed by atoms with van der Waals surface area (Å²) < 4.78 is 1.66. The van der Waals surface area contributed by atoms with E-state index in [9.17, 15) is 9.59 Å². The Morgan fingerprint density at radius 3 is 2.65 bits per heavy atom. The third-order valence-corrected chi connectivity index (χ3v) is 2.87. The fourth-order valence-electron chi connectivity index (χ4n) is 1.25. The number of imidazole rings is 1. The van der Waals surface area contributed by atoms with Gasteiger partial charge >= 0.3 is 5.97 Å². The number of carbonyl (C=O) groups excluding carboxylic acids is 1. The summed E-state index contributed by atoms with van der Waals surface area (Å²) in [6.45, 7) is 3.48. The lowest BCUT2D eigenvalue weighted by Gasteiger charge is -2.22. The highest BCUT2D eigenvalue weighted by atomic mass is 16.4. The van der Waals surface area contributed by atoms with Crippen LogP contribution < -0.4 is 5.32 Å². The van der Waals surface area contributed by atoms with Gasteiger partial charge in [0.25, 0.3) is 5.91 Å². The van der Waals surface area contributed by atoms with E-state index in [4.69, 9.17) is 5.11 Å². The third-order valence-electron chi connectivity index (χ3n) is 2.87. The minimum atomic E-state index is -0.940. The number of amides is 1. The molecule has 0 spiro atoms. The first-order valence-corrected chi connectivity index (χ1v) is 5.38. The maximum absolute atomic E-state index is 11.7. The Hall–Kier alpha value is -1.85. The van der Waals surface area contributed by atoms with E-state index < -0.39 is 11.4 Å². The van der Waals surface area contributed by atoms with Gasteiger partial charge in [-0.15, -0.1) is 0 Å². The molecule has 0 saturated carbocycles. The van der Waals surface area contributed by atoms with Crippen molar-refractivity contribution >= 4 is 11.9 Å². The molecule has 0 aliphatic carbocycles. The minimum absolute atomic E-state index is 0.0915. The molecule has 2 N–H and O–H groups in total. The van der Waals surface area contributed by atoms with Crippen LogP contribution in [0, 0.1) is 5.41 Å². The van der Waals surface area contributed by atoms with E-state index in [0.29, 0.717) is 6.42 Å². The molecule has 94 valence electrons. The molecule has 0 aliphatic rings. The van der Waals surface area contributed by atoms with E-state index in [0.717, 1.165) is 0 Å². The summed E-state index contributed by atoms with van der Waals surface area (Å²) >= 11 is 0. The number of carboxylic acid groups (broad SMARTS) is 1. The third kappa shape index (κ3) is 3.05. The smallest absolute Gasteiger partial charge is 0.311 e. The van der Waals surface area contributed by atoms with Crippen molar-refractivity contribution in [3.05, 3.63) is 18.2 Å². The molecular formula is C11H17N3O3. The van der Waals surface area contributed by atoms with Gasteiger partial charge < -0.3 is 15.0 Å². The maximum Gasteiger partial charge on any atom is 0.311 e. The monoisotopic (exact) mass is 239 g/mol. The number of carboxylic acids is 1. The average molecular weight is 239 g/mol. The minimum Gasteiger partial charge on any atom is -0.481 e. The Morgan fingerprint density at radius 2 is 2.24 bits per heavy atom. The van der Waals surface area contributed by atoms with Crippen LogP contribution in [0.1, 0.15) is 30.8 Å². The number of rotatable bonds is 5. The van der Waals surface area contributed by atoms with Gasteiger partial charge in [0.15, 0.2) is 0 Å². The fourth-order valence-corrected chi connectivity index (χ4v) is 1.25. The van der Waals surface area contributed by atoms with Crippen molar-refractivity contribution in [1.82, 2.24) is 14.9 Å². The van der Waals surface area contributed by atoms with E-state index in [1.54, 1.807) is 31.7 Å². The number of hydrogen-bond acceptors (Lipinski definition) is 3. The van der Waals surface area contributed by atoms with Gasteiger partial charge in [0.05, 0.1) is 11.7 Å². The van der Waals surface area contributed by atoms with E-state index in [-0.39, 0.29) is 18.1 Å². The largest absolute Gasteiger partial charge is 0.481 e. The molecule has 1 aromatic heterocycles. The molecule has 1 aromatic rings. The quantitative estimate of drug-likeness (QED) is 0.790. The predicted octanol–water partition coefficient (Wildman–Crippen LogP) is 0.651. The molecule has 1 atom stereocenters. The van der Waals surface area contributed by atoms with Crippen LogP contribution in [-0.2, 0) is 11.8 Å². The molecule has 1 rings (SSSR count). The molecule has 0 aromatic carbocycles. The van der Waals surface area contributed by atoms with Crippen LogP contribution in [0.15, 0.2) is 12.5 Å². The highest BCUT2D eigenvalue weighted by Crippen LogP contribution is 2.19. The van der Waals surface area contributed by atoms with Gasteiger partial charge in [0.2, 0.25) is 0 Å². The van der Waals surface area contributed by atoms with Gasteiger partial charge in [0.1, 0.15) is 5.69 Å². The number of nitrogens with zero attached hydrogens (tertiary/aromatic N) is 2. The van der Waals surface area contributed by atoms with Crippen LogP contribution in [-0.4, -0.2) is 33.1 Å². The molecular weight excluding hydrogens is 222 g/mol. The SMILES string of the molecule is CCC(C)(CNC(=O)c1cn(C)cn1)C(=O)O. The zero-order chi connectivity index (χ0) is 13.1. The molecule has 1 unspecified atom stereocenters. The summed E-state index contributed by atoms with van der Waals surface area (Å²) in [5, 5.41) is 11.6. The predicted molar refractivity (Wildman–Crippen MR) is 61.6 cm³/mol. The van der Waals surface area contributed by atoms with Crippen LogP contribution in [0.5, 0.6) is 0 Å². The summed E-state index contributed by atoms with van der Waals surface area (Å²) in [7, 11) is 1.76. The van der Waals surface area contributed by atoms with Gasteiger partial charge in [-0.3, -0.25) is 9.59 Å². The topological polar surface area (TPSA) is 84.2 Å². The lowest BCUT2D eigenvalue weighted by Crippen LogP contribution is -2.40. The molecule has 0 bridgehead atoms. The molecule has 6 heteroatoms. The second kappa shape index (κ2) is 4.99. The summed E-state index contributed by atoms with van der Waals surface area (Å²) in [5.74, 6) is -1.27. The summed E-state index contributed by atoms with van der Waals surface area (Å²) in [5.41, 5.74) is -0.652. The maximum atomic E-state index is 11.7. The Bertz CT molecular complexity index is 427. The normalized spacial score (nSPS) is 14.1. The molecule has 0 fully saturated rings. The fraction of sp³-hybridized carbons (Fsp3) is 0.545. The standard InChI is InChI=1S/C11H17N3O3/c1-4-11(2,10(16)17)6-12-9(15)8-5-14(3)7-13-8/h5,7H,4,6H2,1-3H3,(H,12,15)(H,16,17). The molecule has 0 saturated heterocycles. The zero-order valence-electron chi connectivity index (χ0n) is 10.2. The van der Waals surface area contributed by atoms with Crippen molar-refractivity contribution in [3.63, 3.8) is 0 Å². The lowest BCUT2D eigenvalue weighted by molar-refractivity contribution is -0.147. The van der Waals surface area contributed by atoms with E-state index in [2.05, 4.69) is 10.3 Å². The van der Waals surface area contributed by atoms with Crippen molar-refractivity contribution in [2.24, 2.45) is 12.5 Å². The Labute approximate surface area is 99.7 Å². The van der Waals surface area contributed by atoms with E-state index >= 15 is 0 Å². The summed E-state index contributed by atoms with van der Waals surface area (Å²) in [6.07, 6.45) is 3.55. The van der Waals surface area contributed by atoms with Crippen LogP contribution >= 0.6 is 0 Å². The zero-order valence-corrected chi connectivity index (χ0v) is 10.2. The van der Waals surface area contributed by atoms with Crippen molar-refractivity contribution in [1.29, 1.82) is 0 Å². The molecule has 6 nitrogen and oxygen atoms in total. The van der Waals surface area contributed by atoms with Gasteiger partial charge in [-0.2, -0.15) is 0 Å². The number of aryl methyl sites for hydroxylation is 1. The van der Waals surface area contributed by atoms with E-state index in [1.807, 2.05) is 0 Å². The highest BCUT2D eigenvalue weighted by molar-refractivity contribution is 5.92. The van der Waals surface area contributed by atoms with Crippen molar-refractivity contribution < 1.29 is 14.7 Å². The van der Waals surface area contributed by atoms with E-state index in [1.165, 1.54) is 6.33 Å². The Morgan fingerprint density at radius 1 is 1.59 bits per heavy atom. The molecule has 1 amide bonds. The second-order valence-corrected chi connectivity index (χ2v) is 4.33. The van der Waals surface area contributed by atoms with Crippen LogP contribution in [0.25, 0.3) is 0 Å². The van der Waals surface area contributed by atoms with Gasteiger partial charge in [-0.25, -0.2) is 4.98 Å². The highest BCUT2D eigenvalue weighted by Gasteiger charge is 2.31. The first-order valence-electron chi connectivity index (χ1n) is 5.38. The first kappa shape index (κ1) is 13.2. The molecule has 0 aliphatic heterocycles. The van der Waals surface area contributed by atoms with Crippen molar-refractivity contribution in [3.8, 4) is 0 Å².